The lowest BCUT2D eigenvalue weighted by Crippen LogP contribution is -2.58. The van der Waals surface area contributed by atoms with Crippen molar-refractivity contribution >= 4 is 0 Å². The van der Waals surface area contributed by atoms with E-state index in [2.05, 4.69) is 37.9 Å². The van der Waals surface area contributed by atoms with Crippen LogP contribution < -0.4 is 5.32 Å². The number of piperazine rings is 1. The summed E-state index contributed by atoms with van der Waals surface area (Å²) in [6, 6.07) is 0.766. The Balaban J connectivity index is 2.52. The fourth-order valence-electron chi connectivity index (χ4n) is 2.86. The topological polar surface area (TPSA) is 15.3 Å². The number of hydrogen-bond donors (Lipinski definition) is 1. The molecule has 5 heteroatoms. The summed E-state index contributed by atoms with van der Waals surface area (Å²) in [4.78, 5) is 2.27. The van der Waals surface area contributed by atoms with Crippen molar-refractivity contribution in [2.45, 2.75) is 65.2 Å². The van der Waals surface area contributed by atoms with Crippen molar-refractivity contribution in [2.24, 2.45) is 11.8 Å². The van der Waals surface area contributed by atoms with E-state index in [0.29, 0.717) is 30.5 Å². The van der Waals surface area contributed by atoms with E-state index in [9.17, 15) is 13.2 Å². The zero-order chi connectivity index (χ0) is 15.3. The molecule has 2 atom stereocenters. The Morgan fingerprint density at radius 2 is 1.85 bits per heavy atom. The standard InChI is InChI=1S/C15H29F3N2/c1-11(2)8-13-9-19-14(12(3)4)10-20(13)7-5-6-15(16,17)18/h11-14,19H,5-10H2,1-4H3. The first-order chi connectivity index (χ1) is 9.19. The molecule has 0 saturated carbocycles. The maximum atomic E-state index is 12.3. The number of nitrogens with zero attached hydrogens (tertiary/aromatic N) is 1. The third-order valence-corrected chi connectivity index (χ3v) is 4.02. The first kappa shape index (κ1) is 17.8. The van der Waals surface area contributed by atoms with Crippen LogP contribution >= 0.6 is 0 Å². The maximum Gasteiger partial charge on any atom is 0.389 e. The Hall–Kier alpha value is -0.290. The molecule has 2 unspecified atom stereocenters. The highest BCUT2D eigenvalue weighted by Gasteiger charge is 2.31. The van der Waals surface area contributed by atoms with Crippen molar-refractivity contribution in [2.75, 3.05) is 19.6 Å². The molecule has 20 heavy (non-hydrogen) atoms. The lowest BCUT2D eigenvalue weighted by atomic mass is 9.95. The van der Waals surface area contributed by atoms with Gasteiger partial charge in [-0.1, -0.05) is 27.7 Å². The van der Waals surface area contributed by atoms with Gasteiger partial charge in [-0.3, -0.25) is 4.90 Å². The van der Waals surface area contributed by atoms with Crippen LogP contribution in [0, 0.1) is 11.8 Å². The Bertz CT molecular complexity index is 277. The van der Waals surface area contributed by atoms with E-state index in [0.717, 1.165) is 19.5 Å². The quantitative estimate of drug-likeness (QED) is 0.804. The number of alkyl halides is 3. The number of rotatable bonds is 6. The molecule has 2 nitrogen and oxygen atoms in total. The Morgan fingerprint density at radius 1 is 1.20 bits per heavy atom. The minimum Gasteiger partial charge on any atom is -0.311 e. The second-order valence-electron chi connectivity index (χ2n) is 6.76. The second-order valence-corrected chi connectivity index (χ2v) is 6.76. The number of halogens is 3. The molecule has 1 fully saturated rings. The second kappa shape index (κ2) is 7.64. The van der Waals surface area contributed by atoms with Crippen LogP contribution in [0.25, 0.3) is 0 Å². The van der Waals surface area contributed by atoms with Crippen molar-refractivity contribution in [1.82, 2.24) is 10.2 Å². The molecule has 0 bridgehead atoms. The average molecular weight is 294 g/mol. The van der Waals surface area contributed by atoms with Crippen molar-refractivity contribution in [1.29, 1.82) is 0 Å². The summed E-state index contributed by atoms with van der Waals surface area (Å²) < 4.78 is 36.9. The largest absolute Gasteiger partial charge is 0.389 e. The molecular weight excluding hydrogens is 265 g/mol. The molecule has 120 valence electrons. The summed E-state index contributed by atoms with van der Waals surface area (Å²) >= 11 is 0. The van der Waals surface area contributed by atoms with Gasteiger partial charge < -0.3 is 5.32 Å². The molecular formula is C15H29F3N2. The minimum atomic E-state index is -4.03. The fraction of sp³-hybridized carbons (Fsp3) is 1.00. The molecule has 0 amide bonds. The molecule has 0 spiro atoms. The van der Waals surface area contributed by atoms with Gasteiger partial charge >= 0.3 is 6.18 Å². The van der Waals surface area contributed by atoms with E-state index < -0.39 is 12.6 Å². The number of nitrogens with one attached hydrogen (secondary N) is 1. The van der Waals surface area contributed by atoms with Gasteiger partial charge in [-0.2, -0.15) is 13.2 Å². The monoisotopic (exact) mass is 294 g/mol. The average Bonchev–Trinajstić information content (AvgIpc) is 2.28. The zero-order valence-corrected chi connectivity index (χ0v) is 13.1. The van der Waals surface area contributed by atoms with Crippen LogP contribution in [0.5, 0.6) is 0 Å². The van der Waals surface area contributed by atoms with Crippen molar-refractivity contribution in [3.63, 3.8) is 0 Å². The molecule has 1 aliphatic rings. The molecule has 1 N–H and O–H groups in total. The molecule has 0 aromatic heterocycles. The third kappa shape index (κ3) is 6.44. The molecule has 0 aromatic carbocycles. The van der Waals surface area contributed by atoms with E-state index in [1.807, 2.05) is 0 Å². The van der Waals surface area contributed by atoms with Crippen molar-refractivity contribution < 1.29 is 13.2 Å². The smallest absolute Gasteiger partial charge is 0.311 e. The maximum absolute atomic E-state index is 12.3. The van der Waals surface area contributed by atoms with E-state index in [1.54, 1.807) is 0 Å². The van der Waals surface area contributed by atoms with Gasteiger partial charge in [0.15, 0.2) is 0 Å². The van der Waals surface area contributed by atoms with E-state index >= 15 is 0 Å². The molecule has 1 aliphatic heterocycles. The van der Waals surface area contributed by atoms with Crippen LogP contribution in [0.1, 0.15) is 47.0 Å². The predicted octanol–water partition coefficient (Wildman–Crippen LogP) is 3.67. The Labute approximate surface area is 121 Å². The highest BCUT2D eigenvalue weighted by atomic mass is 19.4. The molecule has 0 aromatic rings. The molecule has 1 heterocycles. The van der Waals surface area contributed by atoms with Gasteiger partial charge in [-0.25, -0.2) is 0 Å². The molecule has 0 radical (unpaired) electrons. The van der Waals surface area contributed by atoms with E-state index in [4.69, 9.17) is 0 Å². The van der Waals surface area contributed by atoms with Gasteiger partial charge in [-0.15, -0.1) is 0 Å². The van der Waals surface area contributed by atoms with Gasteiger partial charge in [-0.05, 0) is 31.2 Å². The fourth-order valence-corrected chi connectivity index (χ4v) is 2.86. The zero-order valence-electron chi connectivity index (χ0n) is 13.1. The van der Waals surface area contributed by atoms with Gasteiger partial charge in [0.05, 0.1) is 0 Å². The highest BCUT2D eigenvalue weighted by Crippen LogP contribution is 2.23. The van der Waals surface area contributed by atoms with Crippen molar-refractivity contribution in [3.05, 3.63) is 0 Å². The van der Waals surface area contributed by atoms with Crippen LogP contribution in [0.2, 0.25) is 0 Å². The van der Waals surface area contributed by atoms with Crippen molar-refractivity contribution in [3.8, 4) is 0 Å². The first-order valence-corrected chi connectivity index (χ1v) is 7.73. The normalized spacial score (nSPS) is 25.6. The first-order valence-electron chi connectivity index (χ1n) is 7.73. The van der Waals surface area contributed by atoms with E-state index in [1.165, 1.54) is 0 Å². The van der Waals surface area contributed by atoms with E-state index in [-0.39, 0.29) is 6.42 Å². The molecule has 1 rings (SSSR count). The highest BCUT2D eigenvalue weighted by molar-refractivity contribution is 4.88. The summed E-state index contributed by atoms with van der Waals surface area (Å²) in [5.41, 5.74) is 0. The van der Waals surface area contributed by atoms with Gasteiger partial charge in [0, 0.05) is 31.6 Å². The van der Waals surface area contributed by atoms with Crippen LogP contribution in [0.3, 0.4) is 0 Å². The Morgan fingerprint density at radius 3 is 2.35 bits per heavy atom. The lowest BCUT2D eigenvalue weighted by molar-refractivity contribution is -0.136. The summed E-state index contributed by atoms with van der Waals surface area (Å²) in [6.07, 6.45) is -3.44. The summed E-state index contributed by atoms with van der Waals surface area (Å²) in [5.74, 6) is 1.09. The number of hydrogen-bond acceptors (Lipinski definition) is 2. The molecule has 1 saturated heterocycles. The lowest BCUT2D eigenvalue weighted by Gasteiger charge is -2.42. The Kier molecular flexibility index (Phi) is 6.79. The summed E-state index contributed by atoms with van der Waals surface area (Å²) in [6.45, 7) is 11.0. The van der Waals surface area contributed by atoms with Gasteiger partial charge in [0.25, 0.3) is 0 Å². The predicted molar refractivity (Wildman–Crippen MR) is 76.7 cm³/mol. The summed E-state index contributed by atoms with van der Waals surface area (Å²) in [7, 11) is 0. The van der Waals surface area contributed by atoms with Gasteiger partial charge in [0.2, 0.25) is 0 Å². The van der Waals surface area contributed by atoms with Gasteiger partial charge in [0.1, 0.15) is 0 Å². The van der Waals surface area contributed by atoms with Crippen LogP contribution in [-0.2, 0) is 0 Å². The summed E-state index contributed by atoms with van der Waals surface area (Å²) in [5, 5.41) is 3.55. The molecule has 0 aliphatic carbocycles. The van der Waals surface area contributed by atoms with Crippen LogP contribution in [0.15, 0.2) is 0 Å². The SMILES string of the molecule is CC(C)CC1CNC(C(C)C)CN1CCCC(F)(F)F. The van der Waals surface area contributed by atoms with Crippen LogP contribution in [-0.4, -0.2) is 42.8 Å². The van der Waals surface area contributed by atoms with Crippen LogP contribution in [0.4, 0.5) is 13.2 Å². The third-order valence-electron chi connectivity index (χ3n) is 4.02. The minimum absolute atomic E-state index is 0.211.